The second-order valence-corrected chi connectivity index (χ2v) is 7.10. The number of nitrogens with zero attached hydrogens (tertiary/aromatic N) is 1. The maximum absolute atomic E-state index is 13.2. The Kier molecular flexibility index (Phi) is 7.34. The van der Waals surface area contributed by atoms with Crippen molar-refractivity contribution in [3.05, 3.63) is 53.6 Å². The van der Waals surface area contributed by atoms with E-state index in [0.717, 1.165) is 12.1 Å². The normalized spacial score (nSPS) is 14.1. The van der Waals surface area contributed by atoms with Gasteiger partial charge in [-0.25, -0.2) is 0 Å². The lowest BCUT2D eigenvalue weighted by molar-refractivity contribution is -0.137. The summed E-state index contributed by atoms with van der Waals surface area (Å²) in [5, 5.41) is 5.14. The molecule has 0 aromatic heterocycles. The molecule has 31 heavy (non-hydrogen) atoms. The van der Waals surface area contributed by atoms with Crippen molar-refractivity contribution in [3.63, 3.8) is 0 Å². The number of rotatable bonds is 5. The molecule has 0 aliphatic carbocycles. The molecule has 10 heteroatoms. The average Bonchev–Trinajstić information content (AvgIpc) is 2.74. The first-order chi connectivity index (χ1) is 14.8. The van der Waals surface area contributed by atoms with Gasteiger partial charge in [-0.2, -0.15) is 13.2 Å². The Balaban J connectivity index is 1.75. The van der Waals surface area contributed by atoms with Gasteiger partial charge >= 0.3 is 6.18 Å². The fraction of sp³-hybridized carbons (Fsp3) is 0.333. The largest absolute Gasteiger partial charge is 0.494 e. The molecule has 1 amide bonds. The molecule has 0 unspecified atom stereocenters. The van der Waals surface area contributed by atoms with E-state index in [1.54, 1.807) is 24.3 Å². The van der Waals surface area contributed by atoms with Crippen molar-refractivity contribution >= 4 is 34.6 Å². The summed E-state index contributed by atoms with van der Waals surface area (Å²) in [6.07, 6.45) is -4.51. The van der Waals surface area contributed by atoms with Crippen molar-refractivity contribution < 1.29 is 27.4 Å². The van der Waals surface area contributed by atoms with Gasteiger partial charge in [0, 0.05) is 18.7 Å². The molecule has 166 valence electrons. The first-order valence-corrected chi connectivity index (χ1v) is 10.1. The number of anilines is 2. The van der Waals surface area contributed by atoms with Crippen LogP contribution < -0.4 is 20.3 Å². The van der Waals surface area contributed by atoms with Gasteiger partial charge in [-0.3, -0.25) is 10.1 Å². The fourth-order valence-corrected chi connectivity index (χ4v) is 3.29. The van der Waals surface area contributed by atoms with E-state index < -0.39 is 17.6 Å². The van der Waals surface area contributed by atoms with Gasteiger partial charge in [0.05, 0.1) is 36.8 Å². The lowest BCUT2D eigenvalue weighted by atomic mass is 10.1. The Hall–Kier alpha value is -2.85. The number of carbonyl (C=O) groups excluding carboxylic acids is 1. The monoisotopic (exact) mass is 453 g/mol. The van der Waals surface area contributed by atoms with Gasteiger partial charge in [0.25, 0.3) is 5.91 Å². The molecular weight excluding hydrogens is 431 g/mol. The topological polar surface area (TPSA) is 62.8 Å². The van der Waals surface area contributed by atoms with Crippen LogP contribution in [0, 0.1) is 0 Å². The van der Waals surface area contributed by atoms with Crippen LogP contribution in [0.2, 0.25) is 0 Å². The van der Waals surface area contributed by atoms with Crippen LogP contribution in [-0.2, 0) is 10.9 Å². The summed E-state index contributed by atoms with van der Waals surface area (Å²) in [7, 11) is 0. The standard InChI is InChI=1S/C21H22F3N3O3S/c1-2-30-16-6-3-14(4-7-16)19(28)26-20(31)25-17-13-15(21(22,23)24)5-8-18(17)27-9-11-29-12-10-27/h3-8,13H,2,9-12H2,1H3,(H2,25,26,28,31). The number of carbonyl (C=O) groups is 1. The van der Waals surface area contributed by atoms with E-state index in [2.05, 4.69) is 10.6 Å². The van der Waals surface area contributed by atoms with Crippen LogP contribution in [0.5, 0.6) is 5.75 Å². The van der Waals surface area contributed by atoms with E-state index in [4.69, 9.17) is 21.7 Å². The summed E-state index contributed by atoms with van der Waals surface area (Å²) < 4.78 is 50.3. The Morgan fingerprint density at radius 2 is 1.84 bits per heavy atom. The predicted octanol–water partition coefficient (Wildman–Crippen LogP) is 4.07. The second-order valence-electron chi connectivity index (χ2n) is 6.69. The molecule has 1 aliphatic rings. The van der Waals surface area contributed by atoms with Crippen LogP contribution in [0.1, 0.15) is 22.8 Å². The second kappa shape index (κ2) is 9.97. The molecule has 0 bridgehead atoms. The van der Waals surface area contributed by atoms with Gasteiger partial charge in [-0.05, 0) is 61.6 Å². The summed E-state index contributed by atoms with van der Waals surface area (Å²) in [4.78, 5) is 14.3. The van der Waals surface area contributed by atoms with Crippen molar-refractivity contribution in [2.24, 2.45) is 0 Å². The van der Waals surface area contributed by atoms with Gasteiger partial charge in [0.15, 0.2) is 5.11 Å². The maximum atomic E-state index is 13.2. The van der Waals surface area contributed by atoms with Crippen LogP contribution in [0.25, 0.3) is 0 Å². The molecule has 1 saturated heterocycles. The summed E-state index contributed by atoms with van der Waals surface area (Å²) in [5.74, 6) is 0.138. The van der Waals surface area contributed by atoms with Gasteiger partial charge < -0.3 is 19.7 Å². The highest BCUT2D eigenvalue weighted by atomic mass is 32.1. The zero-order chi connectivity index (χ0) is 22.4. The van der Waals surface area contributed by atoms with Crippen molar-refractivity contribution in [1.82, 2.24) is 5.32 Å². The molecule has 2 aromatic rings. The lowest BCUT2D eigenvalue weighted by Crippen LogP contribution is -2.38. The van der Waals surface area contributed by atoms with Crippen LogP contribution >= 0.6 is 12.2 Å². The highest BCUT2D eigenvalue weighted by Gasteiger charge is 2.31. The Bertz CT molecular complexity index is 930. The lowest BCUT2D eigenvalue weighted by Gasteiger charge is -2.31. The van der Waals surface area contributed by atoms with Crippen molar-refractivity contribution in [2.45, 2.75) is 13.1 Å². The number of alkyl halides is 3. The summed E-state index contributed by atoms with van der Waals surface area (Å²) in [6.45, 7) is 4.36. The fourth-order valence-electron chi connectivity index (χ4n) is 3.09. The number of hydrogen-bond donors (Lipinski definition) is 2. The number of benzene rings is 2. The van der Waals surface area contributed by atoms with E-state index >= 15 is 0 Å². The van der Waals surface area contributed by atoms with Gasteiger partial charge in [-0.15, -0.1) is 0 Å². The molecule has 6 nitrogen and oxygen atoms in total. The minimum Gasteiger partial charge on any atom is -0.494 e. The van der Waals surface area contributed by atoms with Crippen LogP contribution in [-0.4, -0.2) is 43.9 Å². The highest BCUT2D eigenvalue weighted by Crippen LogP contribution is 2.35. The zero-order valence-electron chi connectivity index (χ0n) is 16.8. The zero-order valence-corrected chi connectivity index (χ0v) is 17.6. The van der Waals surface area contributed by atoms with E-state index in [-0.39, 0.29) is 10.8 Å². The Labute approximate surface area is 183 Å². The summed E-state index contributed by atoms with van der Waals surface area (Å²) in [6, 6.07) is 9.86. The quantitative estimate of drug-likeness (QED) is 0.666. The van der Waals surface area contributed by atoms with E-state index in [0.29, 0.717) is 49.9 Å². The smallest absolute Gasteiger partial charge is 0.416 e. The average molecular weight is 453 g/mol. The van der Waals surface area contributed by atoms with Gasteiger partial charge in [0.2, 0.25) is 0 Å². The number of nitrogens with one attached hydrogen (secondary N) is 2. The minimum atomic E-state index is -4.51. The van der Waals surface area contributed by atoms with Crippen LogP contribution in [0.3, 0.4) is 0 Å². The molecule has 2 aromatic carbocycles. The number of ether oxygens (including phenoxy) is 2. The first kappa shape index (κ1) is 22.8. The SMILES string of the molecule is CCOc1ccc(C(=O)NC(=S)Nc2cc(C(F)(F)F)ccc2N2CCOCC2)cc1. The molecule has 3 rings (SSSR count). The highest BCUT2D eigenvalue weighted by molar-refractivity contribution is 7.80. The van der Waals surface area contributed by atoms with Gasteiger partial charge in [0.1, 0.15) is 5.75 Å². The Morgan fingerprint density at radius 1 is 1.16 bits per heavy atom. The number of halogens is 3. The predicted molar refractivity (Wildman–Crippen MR) is 116 cm³/mol. The number of amides is 1. The third-order valence-electron chi connectivity index (χ3n) is 4.58. The summed E-state index contributed by atoms with van der Waals surface area (Å²) >= 11 is 5.19. The third kappa shape index (κ3) is 6.08. The van der Waals surface area contributed by atoms with Crippen molar-refractivity contribution in [3.8, 4) is 5.75 Å². The molecule has 0 saturated carbocycles. The van der Waals surface area contributed by atoms with Crippen molar-refractivity contribution in [1.29, 1.82) is 0 Å². The van der Waals surface area contributed by atoms with E-state index in [9.17, 15) is 18.0 Å². The molecule has 0 radical (unpaired) electrons. The first-order valence-electron chi connectivity index (χ1n) is 9.67. The third-order valence-corrected chi connectivity index (χ3v) is 4.78. The van der Waals surface area contributed by atoms with Crippen LogP contribution in [0.4, 0.5) is 24.5 Å². The number of hydrogen-bond acceptors (Lipinski definition) is 5. The minimum absolute atomic E-state index is 0.104. The summed E-state index contributed by atoms with van der Waals surface area (Å²) in [5.41, 5.74) is 0.236. The molecule has 0 atom stereocenters. The molecule has 2 N–H and O–H groups in total. The molecular formula is C21H22F3N3O3S. The molecule has 1 heterocycles. The van der Waals surface area contributed by atoms with Crippen molar-refractivity contribution in [2.75, 3.05) is 43.1 Å². The van der Waals surface area contributed by atoms with E-state index in [1.807, 2.05) is 11.8 Å². The molecule has 1 fully saturated rings. The molecule has 0 spiro atoms. The Morgan fingerprint density at radius 3 is 2.45 bits per heavy atom. The van der Waals surface area contributed by atoms with Crippen LogP contribution in [0.15, 0.2) is 42.5 Å². The molecule has 1 aliphatic heterocycles. The van der Waals surface area contributed by atoms with Gasteiger partial charge in [-0.1, -0.05) is 0 Å². The maximum Gasteiger partial charge on any atom is 0.416 e. The van der Waals surface area contributed by atoms with E-state index in [1.165, 1.54) is 6.07 Å². The number of morpholine rings is 1. The number of thiocarbonyl (C=S) groups is 1.